The molecule has 0 bridgehead atoms. The standard InChI is InChI=1S/C22H33BN2O3/c1-19(2)12-17(13-20(3,4)25-19)26-18-10-9-16(11-15(18)14-24)23-27-21(5,6)22(7,8)28-23/h9-11,17,25H,12-13H2,1-8H3. The van der Waals surface area contributed by atoms with Gasteiger partial charge in [0.05, 0.1) is 16.8 Å². The van der Waals surface area contributed by atoms with E-state index in [0.29, 0.717) is 11.3 Å². The van der Waals surface area contributed by atoms with Crippen molar-refractivity contribution in [1.29, 1.82) is 5.26 Å². The van der Waals surface area contributed by atoms with Crippen molar-refractivity contribution in [3.63, 3.8) is 0 Å². The number of hydrogen-bond acceptors (Lipinski definition) is 5. The molecule has 2 fully saturated rings. The molecule has 2 aliphatic heterocycles. The normalized spacial score (nSPS) is 25.3. The molecule has 2 saturated heterocycles. The van der Waals surface area contributed by atoms with Crippen molar-refractivity contribution >= 4 is 12.6 Å². The monoisotopic (exact) mass is 384 g/mol. The van der Waals surface area contributed by atoms with Crippen molar-refractivity contribution in [2.45, 2.75) is 96.6 Å². The van der Waals surface area contributed by atoms with Gasteiger partial charge in [0.2, 0.25) is 0 Å². The Morgan fingerprint density at radius 2 is 1.54 bits per heavy atom. The Kier molecular flexibility index (Phi) is 5.11. The Bertz CT molecular complexity index is 763. The molecular formula is C22H33BN2O3. The van der Waals surface area contributed by atoms with Gasteiger partial charge >= 0.3 is 7.12 Å². The lowest BCUT2D eigenvalue weighted by Gasteiger charge is -2.46. The van der Waals surface area contributed by atoms with Crippen molar-refractivity contribution in [3.05, 3.63) is 23.8 Å². The number of hydrogen-bond donors (Lipinski definition) is 1. The molecule has 0 aliphatic carbocycles. The van der Waals surface area contributed by atoms with Crippen molar-refractivity contribution in [2.24, 2.45) is 0 Å². The van der Waals surface area contributed by atoms with Crippen LogP contribution in [0.3, 0.4) is 0 Å². The van der Waals surface area contributed by atoms with Gasteiger partial charge in [0, 0.05) is 23.9 Å². The van der Waals surface area contributed by atoms with Crippen LogP contribution in [0.2, 0.25) is 0 Å². The third-order valence-corrected chi connectivity index (χ3v) is 6.10. The van der Waals surface area contributed by atoms with Gasteiger partial charge in [-0.05, 0) is 73.0 Å². The van der Waals surface area contributed by atoms with Crippen molar-refractivity contribution in [1.82, 2.24) is 5.32 Å². The van der Waals surface area contributed by atoms with E-state index >= 15 is 0 Å². The van der Waals surface area contributed by atoms with Gasteiger partial charge in [-0.2, -0.15) is 5.26 Å². The summed E-state index contributed by atoms with van der Waals surface area (Å²) in [7, 11) is -0.483. The van der Waals surface area contributed by atoms with Crippen LogP contribution in [0.15, 0.2) is 18.2 Å². The predicted octanol–water partition coefficient (Wildman–Crippen LogP) is 3.55. The Balaban J connectivity index is 1.81. The zero-order valence-corrected chi connectivity index (χ0v) is 18.5. The maximum absolute atomic E-state index is 9.70. The average molecular weight is 384 g/mol. The van der Waals surface area contributed by atoms with Crippen LogP contribution in [-0.4, -0.2) is 35.5 Å². The fraction of sp³-hybridized carbons (Fsp3) is 0.682. The summed E-state index contributed by atoms with van der Waals surface area (Å²) in [5.74, 6) is 0.626. The second-order valence-corrected chi connectivity index (χ2v) is 10.5. The Morgan fingerprint density at radius 3 is 2.04 bits per heavy atom. The Morgan fingerprint density at radius 1 is 1.00 bits per heavy atom. The number of nitriles is 1. The Hall–Kier alpha value is -1.55. The zero-order chi connectivity index (χ0) is 21.0. The first-order valence-electron chi connectivity index (χ1n) is 10.1. The van der Waals surface area contributed by atoms with Gasteiger partial charge in [-0.25, -0.2) is 0 Å². The molecule has 152 valence electrons. The van der Waals surface area contributed by atoms with Crippen LogP contribution in [0.4, 0.5) is 0 Å². The summed E-state index contributed by atoms with van der Waals surface area (Å²) in [4.78, 5) is 0. The molecule has 6 heteroatoms. The smallest absolute Gasteiger partial charge is 0.489 e. The molecule has 1 aromatic carbocycles. The minimum atomic E-state index is -0.483. The zero-order valence-electron chi connectivity index (χ0n) is 18.5. The number of piperidine rings is 1. The summed E-state index contributed by atoms with van der Waals surface area (Å²) in [6.45, 7) is 16.9. The van der Waals surface area contributed by atoms with Crippen molar-refractivity contribution in [3.8, 4) is 11.8 Å². The lowest BCUT2D eigenvalue weighted by Crippen LogP contribution is -2.60. The lowest BCUT2D eigenvalue weighted by atomic mass is 9.78. The first kappa shape index (κ1) is 21.2. The van der Waals surface area contributed by atoms with Gasteiger partial charge in [-0.15, -0.1) is 0 Å². The van der Waals surface area contributed by atoms with Crippen LogP contribution >= 0.6 is 0 Å². The van der Waals surface area contributed by atoms with E-state index in [1.165, 1.54) is 0 Å². The van der Waals surface area contributed by atoms with Crippen molar-refractivity contribution in [2.75, 3.05) is 0 Å². The third-order valence-electron chi connectivity index (χ3n) is 6.10. The highest BCUT2D eigenvalue weighted by molar-refractivity contribution is 6.62. The lowest BCUT2D eigenvalue weighted by molar-refractivity contribution is 0.00578. The summed E-state index contributed by atoms with van der Waals surface area (Å²) in [6.07, 6.45) is 1.83. The number of benzene rings is 1. The predicted molar refractivity (Wildman–Crippen MR) is 112 cm³/mol. The second-order valence-electron chi connectivity index (χ2n) is 10.5. The largest absolute Gasteiger partial charge is 0.494 e. The number of ether oxygens (including phenoxy) is 1. The van der Waals surface area contributed by atoms with E-state index in [-0.39, 0.29) is 17.2 Å². The van der Waals surface area contributed by atoms with E-state index in [1.807, 2.05) is 45.9 Å². The summed E-state index contributed by atoms with van der Waals surface area (Å²) >= 11 is 0. The van der Waals surface area contributed by atoms with Crippen LogP contribution in [0, 0.1) is 11.3 Å². The molecule has 28 heavy (non-hydrogen) atoms. The minimum Gasteiger partial charge on any atom is -0.489 e. The van der Waals surface area contributed by atoms with Gasteiger partial charge < -0.3 is 19.4 Å². The van der Waals surface area contributed by atoms with Gasteiger partial charge in [-0.1, -0.05) is 6.07 Å². The van der Waals surface area contributed by atoms with E-state index in [1.54, 1.807) is 0 Å². The number of nitrogens with one attached hydrogen (secondary N) is 1. The van der Waals surface area contributed by atoms with Gasteiger partial charge in [0.1, 0.15) is 17.9 Å². The third kappa shape index (κ3) is 4.22. The van der Waals surface area contributed by atoms with Crippen LogP contribution in [0.1, 0.15) is 73.8 Å². The maximum atomic E-state index is 9.70. The second kappa shape index (κ2) is 6.76. The molecule has 2 aliphatic rings. The topological polar surface area (TPSA) is 63.5 Å². The summed E-state index contributed by atoms with van der Waals surface area (Å²) in [5.41, 5.74) is 0.511. The first-order chi connectivity index (χ1) is 12.7. The summed E-state index contributed by atoms with van der Waals surface area (Å²) < 4.78 is 18.5. The van der Waals surface area contributed by atoms with Crippen LogP contribution < -0.4 is 15.5 Å². The van der Waals surface area contributed by atoms with E-state index in [4.69, 9.17) is 14.0 Å². The molecule has 0 amide bonds. The molecular weight excluding hydrogens is 351 g/mol. The number of nitrogens with zero attached hydrogens (tertiary/aromatic N) is 1. The van der Waals surface area contributed by atoms with E-state index in [2.05, 4.69) is 39.1 Å². The van der Waals surface area contributed by atoms with Gasteiger partial charge in [0.25, 0.3) is 0 Å². The van der Waals surface area contributed by atoms with Crippen LogP contribution in [0.5, 0.6) is 5.75 Å². The van der Waals surface area contributed by atoms with E-state index < -0.39 is 18.3 Å². The SMILES string of the molecule is CC1(C)CC(Oc2ccc(B3OC(C)(C)C(C)(C)O3)cc2C#N)CC(C)(C)N1. The highest BCUT2D eigenvalue weighted by Crippen LogP contribution is 2.37. The molecule has 5 nitrogen and oxygen atoms in total. The molecule has 0 radical (unpaired) electrons. The number of rotatable bonds is 3. The highest BCUT2D eigenvalue weighted by Gasteiger charge is 2.51. The highest BCUT2D eigenvalue weighted by atomic mass is 16.7. The molecule has 0 unspecified atom stereocenters. The molecule has 1 N–H and O–H groups in total. The fourth-order valence-corrected chi connectivity index (χ4v) is 4.36. The van der Waals surface area contributed by atoms with Crippen LogP contribution in [-0.2, 0) is 9.31 Å². The fourth-order valence-electron chi connectivity index (χ4n) is 4.36. The van der Waals surface area contributed by atoms with E-state index in [0.717, 1.165) is 18.3 Å². The summed E-state index contributed by atoms with van der Waals surface area (Å²) in [5, 5.41) is 13.4. The molecule has 3 rings (SSSR count). The Labute approximate surface area is 169 Å². The molecule has 1 aromatic rings. The molecule has 0 spiro atoms. The molecule has 0 atom stereocenters. The average Bonchev–Trinajstić information content (AvgIpc) is 2.72. The molecule has 0 aromatic heterocycles. The summed E-state index contributed by atoms with van der Waals surface area (Å²) in [6, 6.07) is 7.92. The van der Waals surface area contributed by atoms with Gasteiger partial charge in [0.15, 0.2) is 0 Å². The minimum absolute atomic E-state index is 0.0120. The first-order valence-corrected chi connectivity index (χ1v) is 10.1. The van der Waals surface area contributed by atoms with Crippen molar-refractivity contribution < 1.29 is 14.0 Å². The molecule has 2 heterocycles. The maximum Gasteiger partial charge on any atom is 0.494 e. The molecule has 0 saturated carbocycles. The van der Waals surface area contributed by atoms with E-state index in [9.17, 15) is 5.26 Å². The van der Waals surface area contributed by atoms with Gasteiger partial charge in [-0.3, -0.25) is 0 Å². The van der Waals surface area contributed by atoms with Crippen LogP contribution in [0.25, 0.3) is 0 Å². The quantitative estimate of drug-likeness (QED) is 0.808.